The molecule has 202 valence electrons. The molecule has 2 aliphatic rings. The second-order valence-electron chi connectivity index (χ2n) is 10.9. The van der Waals surface area contributed by atoms with Crippen LogP contribution in [0.25, 0.3) is 32.7 Å². The van der Waals surface area contributed by atoms with E-state index in [0.717, 1.165) is 6.42 Å². The third kappa shape index (κ3) is 4.55. The second kappa shape index (κ2) is 12.2. The summed E-state index contributed by atoms with van der Waals surface area (Å²) in [6.45, 7) is 0. The molecule has 0 spiro atoms. The predicted molar refractivity (Wildman–Crippen MR) is 164 cm³/mol. The Morgan fingerprint density at radius 2 is 0.905 bits per heavy atom. The van der Waals surface area contributed by atoms with Gasteiger partial charge in [0, 0.05) is 5.92 Å². The average molecular weight is 659 g/mol. The van der Waals surface area contributed by atoms with E-state index in [1.807, 2.05) is 0 Å². The van der Waals surface area contributed by atoms with Crippen molar-refractivity contribution in [3.63, 3.8) is 0 Å². The van der Waals surface area contributed by atoms with E-state index in [2.05, 4.69) is 152 Å². The van der Waals surface area contributed by atoms with Gasteiger partial charge in [-0.25, -0.2) is 0 Å². The largest absolute Gasteiger partial charge is 2.00 e. The van der Waals surface area contributed by atoms with E-state index in [1.54, 1.807) is 0 Å². The maximum absolute atomic E-state index is 2.48. The van der Waals surface area contributed by atoms with Crippen LogP contribution in [0.3, 0.4) is 0 Å². The Kier molecular flexibility index (Phi) is 8.77. The molecular weight excluding hydrogens is 631 g/mol. The molecule has 0 N–H and O–H groups in total. The standard InChI is InChI=1S/C39H28.2ClH.Zr/c1-3-17-31(18-4-1)39(33-21-11-12-22-33,32-19-5-2-6-20-32)38-36-25-29-15-9-7-13-27(29)23-34(36)35-24-28-14-8-10-16-30(28)26-37(35)38;;;/h1-21,23-26,38H,22H2;2*1H;/q;;;+2/p-2. The zero-order valence-electron chi connectivity index (χ0n) is 23.0. The summed E-state index contributed by atoms with van der Waals surface area (Å²) in [7, 11) is 0. The van der Waals surface area contributed by atoms with Crippen molar-refractivity contribution in [1.29, 1.82) is 0 Å². The van der Waals surface area contributed by atoms with Gasteiger partial charge in [0.15, 0.2) is 0 Å². The maximum atomic E-state index is 2.48. The van der Waals surface area contributed by atoms with Gasteiger partial charge in [-0.1, -0.05) is 133 Å². The summed E-state index contributed by atoms with van der Waals surface area (Å²) in [6, 6.07) is 49.9. The van der Waals surface area contributed by atoms with E-state index >= 15 is 0 Å². The van der Waals surface area contributed by atoms with E-state index in [4.69, 9.17) is 0 Å². The molecule has 0 aliphatic heterocycles. The molecule has 0 saturated carbocycles. The fourth-order valence-corrected chi connectivity index (χ4v) is 7.29. The summed E-state index contributed by atoms with van der Waals surface area (Å²) >= 11 is 0. The smallest absolute Gasteiger partial charge is 1.00 e. The van der Waals surface area contributed by atoms with Crippen LogP contribution in [0, 0.1) is 0 Å². The van der Waals surface area contributed by atoms with Crippen LogP contribution >= 0.6 is 0 Å². The van der Waals surface area contributed by atoms with Gasteiger partial charge in [0.1, 0.15) is 0 Å². The summed E-state index contributed by atoms with van der Waals surface area (Å²) < 4.78 is 0. The zero-order chi connectivity index (χ0) is 25.8. The molecule has 0 heterocycles. The molecule has 0 radical (unpaired) electrons. The number of rotatable bonds is 4. The summed E-state index contributed by atoms with van der Waals surface area (Å²) in [5.74, 6) is 0.132. The van der Waals surface area contributed by atoms with Crippen LogP contribution in [-0.4, -0.2) is 0 Å². The van der Waals surface area contributed by atoms with Crippen molar-refractivity contribution in [3.8, 4) is 11.1 Å². The Morgan fingerprint density at radius 3 is 1.31 bits per heavy atom. The van der Waals surface area contributed by atoms with Gasteiger partial charge in [-0.3, -0.25) is 0 Å². The van der Waals surface area contributed by atoms with Crippen molar-refractivity contribution in [2.24, 2.45) is 0 Å². The van der Waals surface area contributed by atoms with Gasteiger partial charge < -0.3 is 24.8 Å². The van der Waals surface area contributed by atoms with Crippen molar-refractivity contribution in [2.45, 2.75) is 17.8 Å². The minimum absolute atomic E-state index is 0. The Balaban J connectivity index is 0.00000118. The molecule has 0 bridgehead atoms. The topological polar surface area (TPSA) is 0 Å². The van der Waals surface area contributed by atoms with Crippen LogP contribution in [-0.2, 0) is 31.6 Å². The van der Waals surface area contributed by atoms with Gasteiger partial charge in [-0.05, 0) is 85.6 Å². The molecule has 8 rings (SSSR count). The van der Waals surface area contributed by atoms with Crippen LogP contribution in [0.5, 0.6) is 0 Å². The molecule has 3 heteroatoms. The summed E-state index contributed by atoms with van der Waals surface area (Å²) in [5.41, 5.74) is 9.35. The second-order valence-corrected chi connectivity index (χ2v) is 10.9. The normalized spacial score (nSPS) is 13.5. The minimum atomic E-state index is -0.350. The molecule has 6 aromatic rings. The van der Waals surface area contributed by atoms with E-state index in [-0.39, 0.29) is 62.4 Å². The van der Waals surface area contributed by atoms with E-state index in [0.29, 0.717) is 0 Å². The van der Waals surface area contributed by atoms with E-state index < -0.39 is 0 Å². The number of hydrogen-bond donors (Lipinski definition) is 0. The van der Waals surface area contributed by atoms with Gasteiger partial charge in [0.2, 0.25) is 0 Å². The first-order valence-corrected chi connectivity index (χ1v) is 13.9. The maximum Gasteiger partial charge on any atom is 2.00 e. The fraction of sp³-hybridized carbons (Fsp3) is 0.0769. The molecule has 0 fully saturated rings. The van der Waals surface area contributed by atoms with Gasteiger partial charge in [-0.2, -0.15) is 0 Å². The number of hydrogen-bond acceptors (Lipinski definition) is 0. The third-order valence-corrected chi connectivity index (χ3v) is 8.92. The minimum Gasteiger partial charge on any atom is -1.00 e. The van der Waals surface area contributed by atoms with Gasteiger partial charge in [0.25, 0.3) is 0 Å². The molecule has 2 aliphatic carbocycles. The van der Waals surface area contributed by atoms with Gasteiger partial charge in [-0.15, -0.1) is 0 Å². The Hall–Kier alpha value is -3.22. The molecule has 0 amide bonds. The molecule has 6 aromatic carbocycles. The number of allylic oxidation sites excluding steroid dienone is 4. The van der Waals surface area contributed by atoms with Gasteiger partial charge in [0.05, 0.1) is 5.41 Å². The summed E-state index contributed by atoms with van der Waals surface area (Å²) in [4.78, 5) is 0. The molecule has 0 saturated heterocycles. The van der Waals surface area contributed by atoms with Crippen molar-refractivity contribution in [3.05, 3.63) is 180 Å². The van der Waals surface area contributed by atoms with Crippen molar-refractivity contribution < 1.29 is 51.0 Å². The van der Waals surface area contributed by atoms with Crippen molar-refractivity contribution in [1.82, 2.24) is 0 Å². The first-order chi connectivity index (χ1) is 19.3. The molecule has 0 unspecified atom stereocenters. The monoisotopic (exact) mass is 656 g/mol. The SMILES string of the molecule is C1=CCC(C(c2ccccc2)(c2ccccc2)C2c3cc4ccccc4cc3-c3cc4ccccc4cc32)=C1.[Cl-].[Cl-].[Zr+2]. The predicted octanol–water partition coefficient (Wildman–Crippen LogP) is 3.98. The Bertz CT molecular complexity index is 1820. The van der Waals surface area contributed by atoms with E-state index in [9.17, 15) is 0 Å². The number of fused-ring (bicyclic) bond motifs is 5. The van der Waals surface area contributed by atoms with Crippen LogP contribution in [0.2, 0.25) is 0 Å². The zero-order valence-corrected chi connectivity index (χ0v) is 26.9. The Morgan fingerprint density at radius 1 is 0.500 bits per heavy atom. The van der Waals surface area contributed by atoms with Crippen LogP contribution in [0.4, 0.5) is 0 Å². The Labute approximate surface area is 279 Å². The van der Waals surface area contributed by atoms with Crippen LogP contribution < -0.4 is 24.8 Å². The molecule has 0 aromatic heterocycles. The van der Waals surface area contributed by atoms with E-state index in [1.165, 1.54) is 60.5 Å². The van der Waals surface area contributed by atoms with Crippen LogP contribution in [0.1, 0.15) is 34.6 Å². The summed E-state index contributed by atoms with van der Waals surface area (Å²) in [6.07, 6.45) is 7.88. The number of benzene rings is 6. The first kappa shape index (κ1) is 30.2. The van der Waals surface area contributed by atoms with Gasteiger partial charge >= 0.3 is 26.2 Å². The average Bonchev–Trinajstić information content (AvgIpc) is 3.64. The van der Waals surface area contributed by atoms with Crippen molar-refractivity contribution >= 4 is 21.5 Å². The number of halogens is 2. The fourth-order valence-electron chi connectivity index (χ4n) is 7.29. The molecule has 42 heavy (non-hydrogen) atoms. The molecule has 0 atom stereocenters. The first-order valence-electron chi connectivity index (χ1n) is 13.9. The van der Waals surface area contributed by atoms with Crippen LogP contribution in [0.15, 0.2) is 157 Å². The quantitative estimate of drug-likeness (QED) is 0.269. The molecule has 0 nitrogen and oxygen atoms in total. The third-order valence-electron chi connectivity index (χ3n) is 8.92. The van der Waals surface area contributed by atoms with Crippen molar-refractivity contribution in [2.75, 3.05) is 0 Å². The summed E-state index contributed by atoms with van der Waals surface area (Å²) in [5, 5.41) is 5.19. The molecular formula is C39H28Cl2Zr.